The van der Waals surface area contributed by atoms with Gasteiger partial charge < -0.3 is 5.73 Å². The maximum absolute atomic E-state index is 11.5. The molecule has 2 rings (SSSR count). The molecule has 1 amide bonds. The maximum Gasteiger partial charge on any atom is 0.252 e. The van der Waals surface area contributed by atoms with E-state index in [4.69, 9.17) is 5.73 Å². The van der Waals surface area contributed by atoms with Crippen LogP contribution in [-0.2, 0) is 5.54 Å². The zero-order valence-electron chi connectivity index (χ0n) is 10.8. The van der Waals surface area contributed by atoms with Crippen molar-refractivity contribution in [2.24, 2.45) is 5.73 Å². The van der Waals surface area contributed by atoms with Crippen molar-refractivity contribution >= 4 is 5.91 Å². The number of hydrogen-bond acceptors (Lipinski definition) is 2. The Morgan fingerprint density at radius 3 is 2.33 bits per heavy atom. The predicted octanol–water partition coefficient (Wildman–Crippen LogP) is 2.40. The summed E-state index contributed by atoms with van der Waals surface area (Å²) in [6.45, 7) is 6.12. The molecule has 4 heteroatoms. The van der Waals surface area contributed by atoms with E-state index >= 15 is 0 Å². The van der Waals surface area contributed by atoms with Crippen molar-refractivity contribution in [2.75, 3.05) is 0 Å². The molecule has 0 atom stereocenters. The van der Waals surface area contributed by atoms with Gasteiger partial charge in [0.15, 0.2) is 0 Å². The van der Waals surface area contributed by atoms with E-state index in [1.807, 2.05) is 55.8 Å². The monoisotopic (exact) mass is 243 g/mol. The van der Waals surface area contributed by atoms with Gasteiger partial charge in [0.2, 0.25) is 0 Å². The summed E-state index contributed by atoms with van der Waals surface area (Å²) >= 11 is 0. The van der Waals surface area contributed by atoms with Gasteiger partial charge in [-0.05, 0) is 20.8 Å². The average molecular weight is 243 g/mol. The fourth-order valence-electron chi connectivity index (χ4n) is 1.91. The first-order valence-corrected chi connectivity index (χ1v) is 5.85. The predicted molar refractivity (Wildman–Crippen MR) is 71.2 cm³/mol. The zero-order valence-corrected chi connectivity index (χ0v) is 10.8. The number of aromatic nitrogens is 2. The highest BCUT2D eigenvalue weighted by molar-refractivity contribution is 5.98. The van der Waals surface area contributed by atoms with Crippen molar-refractivity contribution in [3.05, 3.63) is 42.1 Å². The molecular weight excluding hydrogens is 226 g/mol. The van der Waals surface area contributed by atoms with E-state index in [2.05, 4.69) is 5.10 Å². The quantitative estimate of drug-likeness (QED) is 0.880. The van der Waals surface area contributed by atoms with E-state index < -0.39 is 5.91 Å². The van der Waals surface area contributed by atoms with Crippen LogP contribution >= 0.6 is 0 Å². The molecule has 0 aliphatic carbocycles. The van der Waals surface area contributed by atoms with E-state index in [1.165, 1.54) is 6.20 Å². The SMILES string of the molecule is CC(C)(C)n1ncc(C(N)=O)c1-c1ccccc1. The van der Waals surface area contributed by atoms with Gasteiger partial charge in [-0.2, -0.15) is 5.10 Å². The van der Waals surface area contributed by atoms with E-state index in [-0.39, 0.29) is 5.54 Å². The molecule has 4 nitrogen and oxygen atoms in total. The second-order valence-electron chi connectivity index (χ2n) is 5.22. The molecule has 1 heterocycles. The first kappa shape index (κ1) is 12.4. The lowest BCUT2D eigenvalue weighted by Crippen LogP contribution is -2.24. The number of carbonyl (C=O) groups excluding carboxylic acids is 1. The molecule has 0 radical (unpaired) electrons. The Morgan fingerprint density at radius 1 is 1.22 bits per heavy atom. The Bertz CT molecular complexity index is 564. The Morgan fingerprint density at radius 2 is 1.83 bits per heavy atom. The second-order valence-corrected chi connectivity index (χ2v) is 5.22. The van der Waals surface area contributed by atoms with Gasteiger partial charge in [0.1, 0.15) is 0 Å². The maximum atomic E-state index is 11.5. The summed E-state index contributed by atoms with van der Waals surface area (Å²) in [5.74, 6) is -0.454. The third kappa shape index (κ3) is 2.14. The van der Waals surface area contributed by atoms with Gasteiger partial charge in [0.05, 0.1) is 23.0 Å². The van der Waals surface area contributed by atoms with Gasteiger partial charge in [-0.15, -0.1) is 0 Å². The van der Waals surface area contributed by atoms with Gasteiger partial charge in [-0.1, -0.05) is 30.3 Å². The van der Waals surface area contributed by atoms with Crippen LogP contribution in [0.2, 0.25) is 0 Å². The third-order valence-corrected chi connectivity index (χ3v) is 2.72. The Kier molecular flexibility index (Phi) is 2.95. The molecule has 1 aromatic heterocycles. The molecule has 0 saturated carbocycles. The van der Waals surface area contributed by atoms with Crippen LogP contribution in [0.3, 0.4) is 0 Å². The number of benzene rings is 1. The normalized spacial score (nSPS) is 11.5. The van der Waals surface area contributed by atoms with Crippen LogP contribution < -0.4 is 5.73 Å². The molecule has 2 N–H and O–H groups in total. The number of hydrogen-bond donors (Lipinski definition) is 1. The third-order valence-electron chi connectivity index (χ3n) is 2.72. The van der Waals surface area contributed by atoms with Crippen LogP contribution in [0.1, 0.15) is 31.1 Å². The molecule has 0 aliphatic rings. The summed E-state index contributed by atoms with van der Waals surface area (Å²) in [5, 5.41) is 4.30. The fraction of sp³-hybridized carbons (Fsp3) is 0.286. The van der Waals surface area contributed by atoms with E-state index in [0.29, 0.717) is 5.56 Å². The molecule has 18 heavy (non-hydrogen) atoms. The zero-order chi connectivity index (χ0) is 13.3. The molecule has 0 fully saturated rings. The number of nitrogens with zero attached hydrogens (tertiary/aromatic N) is 2. The largest absolute Gasteiger partial charge is 0.365 e. The van der Waals surface area contributed by atoms with Gasteiger partial charge in [0, 0.05) is 5.56 Å². The van der Waals surface area contributed by atoms with Gasteiger partial charge in [-0.3, -0.25) is 9.48 Å². The molecule has 1 aromatic carbocycles. The van der Waals surface area contributed by atoms with Crippen molar-refractivity contribution < 1.29 is 4.79 Å². The fourth-order valence-corrected chi connectivity index (χ4v) is 1.91. The molecule has 2 aromatic rings. The molecule has 0 spiro atoms. The average Bonchev–Trinajstić information content (AvgIpc) is 2.74. The van der Waals surface area contributed by atoms with Gasteiger partial charge in [-0.25, -0.2) is 0 Å². The first-order valence-electron chi connectivity index (χ1n) is 5.85. The van der Waals surface area contributed by atoms with E-state index in [9.17, 15) is 4.79 Å². The smallest absolute Gasteiger partial charge is 0.252 e. The summed E-state index contributed by atoms with van der Waals surface area (Å²) in [6, 6.07) is 9.70. The van der Waals surface area contributed by atoms with Crippen molar-refractivity contribution in [3.63, 3.8) is 0 Å². The minimum atomic E-state index is -0.454. The summed E-state index contributed by atoms with van der Waals surface area (Å²) in [6.07, 6.45) is 1.54. The van der Waals surface area contributed by atoms with Crippen molar-refractivity contribution in [3.8, 4) is 11.3 Å². The standard InChI is InChI=1S/C14H17N3O/c1-14(2,3)17-12(10-7-5-4-6-8-10)11(9-16-17)13(15)18/h4-9H,1-3H3,(H2,15,18). The van der Waals surface area contributed by atoms with Crippen molar-refractivity contribution in [1.29, 1.82) is 0 Å². The number of amides is 1. The van der Waals surface area contributed by atoms with Crippen LogP contribution in [0.25, 0.3) is 11.3 Å². The molecule has 0 aliphatic heterocycles. The number of nitrogens with two attached hydrogens (primary N) is 1. The molecule has 0 bridgehead atoms. The molecule has 0 saturated heterocycles. The summed E-state index contributed by atoms with van der Waals surface area (Å²) in [7, 11) is 0. The highest BCUT2D eigenvalue weighted by atomic mass is 16.1. The molecule has 94 valence electrons. The summed E-state index contributed by atoms with van der Waals surface area (Å²) in [4.78, 5) is 11.5. The van der Waals surface area contributed by atoms with Crippen molar-refractivity contribution in [1.82, 2.24) is 9.78 Å². The first-order chi connectivity index (χ1) is 8.41. The Labute approximate surface area is 106 Å². The second kappa shape index (κ2) is 4.29. The molecular formula is C14H17N3O. The lowest BCUT2D eigenvalue weighted by Gasteiger charge is -2.23. The van der Waals surface area contributed by atoms with Crippen LogP contribution in [0.4, 0.5) is 0 Å². The lowest BCUT2D eigenvalue weighted by atomic mass is 10.0. The topological polar surface area (TPSA) is 60.9 Å². The van der Waals surface area contributed by atoms with E-state index in [0.717, 1.165) is 11.3 Å². The van der Waals surface area contributed by atoms with Crippen molar-refractivity contribution in [2.45, 2.75) is 26.3 Å². The van der Waals surface area contributed by atoms with Gasteiger partial charge >= 0.3 is 0 Å². The van der Waals surface area contributed by atoms with E-state index in [1.54, 1.807) is 0 Å². The minimum Gasteiger partial charge on any atom is -0.365 e. The number of rotatable bonds is 2. The highest BCUT2D eigenvalue weighted by Gasteiger charge is 2.23. The molecule has 0 unspecified atom stereocenters. The van der Waals surface area contributed by atoms with Crippen LogP contribution in [0.5, 0.6) is 0 Å². The van der Waals surface area contributed by atoms with Crippen LogP contribution in [0, 0.1) is 0 Å². The summed E-state index contributed by atoms with van der Waals surface area (Å²) in [5.41, 5.74) is 7.38. The number of carbonyl (C=O) groups is 1. The lowest BCUT2D eigenvalue weighted by molar-refractivity contribution is 0.100. The highest BCUT2D eigenvalue weighted by Crippen LogP contribution is 2.28. The van der Waals surface area contributed by atoms with Crippen LogP contribution in [0.15, 0.2) is 36.5 Å². The minimum absolute atomic E-state index is 0.209. The number of primary amides is 1. The van der Waals surface area contributed by atoms with Gasteiger partial charge in [0.25, 0.3) is 5.91 Å². The Balaban J connectivity index is 2.70. The van der Waals surface area contributed by atoms with Crippen LogP contribution in [-0.4, -0.2) is 15.7 Å². The summed E-state index contributed by atoms with van der Waals surface area (Å²) < 4.78 is 1.84. The Hall–Kier alpha value is -2.10.